The predicted molar refractivity (Wildman–Crippen MR) is 79.8 cm³/mol. The normalized spacial score (nSPS) is 10.2. The summed E-state index contributed by atoms with van der Waals surface area (Å²) in [5.74, 6) is -0.386. The van der Waals surface area contributed by atoms with E-state index in [0.29, 0.717) is 5.69 Å². The summed E-state index contributed by atoms with van der Waals surface area (Å²) in [7, 11) is 0. The van der Waals surface area contributed by atoms with Gasteiger partial charge in [0, 0.05) is 9.26 Å². The van der Waals surface area contributed by atoms with Gasteiger partial charge in [0.05, 0.1) is 6.54 Å². The zero-order valence-corrected chi connectivity index (χ0v) is 12.0. The molecule has 19 heavy (non-hydrogen) atoms. The summed E-state index contributed by atoms with van der Waals surface area (Å²) in [6.45, 7) is 0.234. The van der Waals surface area contributed by atoms with Gasteiger partial charge in [0.1, 0.15) is 5.82 Å². The Morgan fingerprint density at radius 1 is 1.21 bits per heavy atom. The van der Waals surface area contributed by atoms with Crippen LogP contribution in [-0.4, -0.2) is 11.2 Å². The molecule has 0 saturated heterocycles. The summed E-state index contributed by atoms with van der Waals surface area (Å²) in [4.78, 5) is 12.5. The van der Waals surface area contributed by atoms with Gasteiger partial charge in [0.15, 0.2) is 0 Å². The zero-order valence-electron chi connectivity index (χ0n) is 9.88. The fraction of sp³-hybridized carbons (Fsp3) is 0.0714. The molecule has 1 N–H and O–H groups in total. The molecule has 0 aliphatic rings. The molecule has 0 bridgehead atoms. The number of hydrogen-bond acceptors (Lipinski definition) is 1. The highest BCUT2D eigenvalue weighted by molar-refractivity contribution is 14.1. The maximum Gasteiger partial charge on any atom is 0.412 e. The van der Waals surface area contributed by atoms with E-state index >= 15 is 0 Å². The van der Waals surface area contributed by atoms with Crippen LogP contribution >= 0.6 is 22.6 Å². The third kappa shape index (κ3) is 3.66. The largest absolute Gasteiger partial charge is 0.465 e. The van der Waals surface area contributed by atoms with E-state index in [2.05, 4.69) is 22.6 Å². The lowest BCUT2D eigenvalue weighted by atomic mass is 10.2. The molecule has 0 aliphatic carbocycles. The molecule has 0 radical (unpaired) electrons. The van der Waals surface area contributed by atoms with E-state index < -0.39 is 6.09 Å². The van der Waals surface area contributed by atoms with Crippen LogP contribution in [0.1, 0.15) is 5.56 Å². The molecule has 2 aromatic carbocycles. The first kappa shape index (κ1) is 13.8. The number of carbonyl (C=O) groups is 1. The fourth-order valence-electron chi connectivity index (χ4n) is 1.71. The standard InChI is InChI=1S/C14H11FINO2/c15-11-4-6-13(7-5-11)17(14(18)19)9-10-2-1-3-12(16)8-10/h1-8H,9H2,(H,18,19). The third-order valence-electron chi connectivity index (χ3n) is 2.60. The highest BCUT2D eigenvalue weighted by Gasteiger charge is 2.14. The van der Waals surface area contributed by atoms with E-state index in [1.807, 2.05) is 24.3 Å². The molecule has 0 fully saturated rings. The molecule has 0 atom stereocenters. The molecule has 0 aromatic heterocycles. The summed E-state index contributed by atoms with van der Waals surface area (Å²) in [6.07, 6.45) is -1.06. The quantitative estimate of drug-likeness (QED) is 0.825. The molecule has 0 spiro atoms. The molecule has 3 nitrogen and oxygen atoms in total. The number of nitrogens with zero attached hydrogens (tertiary/aromatic N) is 1. The van der Waals surface area contributed by atoms with Crippen molar-refractivity contribution >= 4 is 34.4 Å². The van der Waals surface area contributed by atoms with Gasteiger partial charge in [-0.3, -0.25) is 4.90 Å². The first-order valence-electron chi connectivity index (χ1n) is 5.57. The molecule has 0 unspecified atom stereocenters. The highest BCUT2D eigenvalue weighted by atomic mass is 127. The average molecular weight is 371 g/mol. The Balaban J connectivity index is 2.26. The number of carboxylic acid groups (broad SMARTS) is 1. The minimum absolute atomic E-state index is 0.234. The second-order valence-corrected chi connectivity index (χ2v) is 5.22. The summed E-state index contributed by atoms with van der Waals surface area (Å²) < 4.78 is 13.9. The molecular formula is C14H11FINO2. The van der Waals surface area contributed by atoms with Gasteiger partial charge >= 0.3 is 6.09 Å². The lowest BCUT2D eigenvalue weighted by molar-refractivity contribution is 0.201. The van der Waals surface area contributed by atoms with Gasteiger partial charge in [-0.05, 0) is 64.6 Å². The lowest BCUT2D eigenvalue weighted by Gasteiger charge is -2.19. The van der Waals surface area contributed by atoms with Gasteiger partial charge in [0.25, 0.3) is 0 Å². The van der Waals surface area contributed by atoms with Crippen LogP contribution in [0.25, 0.3) is 0 Å². The molecular weight excluding hydrogens is 360 g/mol. The van der Waals surface area contributed by atoms with E-state index in [0.717, 1.165) is 9.13 Å². The molecule has 2 aromatic rings. The van der Waals surface area contributed by atoms with E-state index in [-0.39, 0.29) is 12.4 Å². The fourth-order valence-corrected chi connectivity index (χ4v) is 2.32. The number of anilines is 1. The van der Waals surface area contributed by atoms with Crippen molar-refractivity contribution in [1.82, 2.24) is 0 Å². The maximum atomic E-state index is 12.9. The van der Waals surface area contributed by atoms with Crippen LogP contribution in [0.15, 0.2) is 48.5 Å². The van der Waals surface area contributed by atoms with Gasteiger partial charge in [0.2, 0.25) is 0 Å². The highest BCUT2D eigenvalue weighted by Crippen LogP contribution is 2.19. The van der Waals surface area contributed by atoms with Crippen LogP contribution in [0.5, 0.6) is 0 Å². The van der Waals surface area contributed by atoms with Crippen molar-refractivity contribution in [3.8, 4) is 0 Å². The first-order valence-corrected chi connectivity index (χ1v) is 6.64. The monoisotopic (exact) mass is 371 g/mol. The molecule has 0 saturated carbocycles. The Labute approximate surface area is 123 Å². The number of amides is 1. The van der Waals surface area contributed by atoms with Crippen LogP contribution in [0.2, 0.25) is 0 Å². The molecule has 2 rings (SSSR count). The van der Waals surface area contributed by atoms with E-state index in [1.54, 1.807) is 0 Å². The Kier molecular flexibility index (Phi) is 4.36. The molecule has 1 amide bonds. The molecule has 5 heteroatoms. The molecule has 0 aliphatic heterocycles. The number of rotatable bonds is 3. The van der Waals surface area contributed by atoms with Crippen molar-refractivity contribution in [2.24, 2.45) is 0 Å². The topological polar surface area (TPSA) is 40.5 Å². The van der Waals surface area contributed by atoms with Crippen molar-refractivity contribution in [2.75, 3.05) is 4.90 Å². The van der Waals surface area contributed by atoms with Gasteiger partial charge in [-0.25, -0.2) is 9.18 Å². The van der Waals surface area contributed by atoms with Crippen LogP contribution < -0.4 is 4.90 Å². The maximum absolute atomic E-state index is 12.9. The van der Waals surface area contributed by atoms with Crippen molar-refractivity contribution in [1.29, 1.82) is 0 Å². The number of benzene rings is 2. The smallest absolute Gasteiger partial charge is 0.412 e. The number of hydrogen-bond donors (Lipinski definition) is 1. The number of halogens is 2. The predicted octanol–water partition coefficient (Wildman–Crippen LogP) is 4.11. The third-order valence-corrected chi connectivity index (χ3v) is 3.27. The van der Waals surface area contributed by atoms with Gasteiger partial charge < -0.3 is 5.11 Å². The van der Waals surface area contributed by atoms with Gasteiger partial charge in [-0.15, -0.1) is 0 Å². The van der Waals surface area contributed by atoms with Crippen LogP contribution in [0.4, 0.5) is 14.9 Å². The molecule has 0 heterocycles. The van der Waals surface area contributed by atoms with Crippen molar-refractivity contribution < 1.29 is 14.3 Å². The average Bonchev–Trinajstić information content (AvgIpc) is 2.37. The van der Waals surface area contributed by atoms with Crippen molar-refractivity contribution in [3.05, 3.63) is 63.5 Å². The van der Waals surface area contributed by atoms with Crippen LogP contribution in [0.3, 0.4) is 0 Å². The van der Waals surface area contributed by atoms with Crippen LogP contribution in [0, 0.1) is 9.39 Å². The van der Waals surface area contributed by atoms with E-state index in [1.165, 1.54) is 29.2 Å². The van der Waals surface area contributed by atoms with Crippen molar-refractivity contribution in [3.63, 3.8) is 0 Å². The Morgan fingerprint density at radius 2 is 1.89 bits per heavy atom. The van der Waals surface area contributed by atoms with Gasteiger partial charge in [-0.2, -0.15) is 0 Å². The first-order chi connectivity index (χ1) is 9.06. The second-order valence-electron chi connectivity index (χ2n) is 3.98. The Hall–Kier alpha value is -1.63. The summed E-state index contributed by atoms with van der Waals surface area (Å²) in [5, 5.41) is 9.26. The SMILES string of the molecule is O=C(O)N(Cc1cccc(I)c1)c1ccc(F)cc1. The summed E-state index contributed by atoms with van der Waals surface area (Å²) in [6, 6.07) is 13.0. The zero-order chi connectivity index (χ0) is 13.8. The molecule has 98 valence electrons. The van der Waals surface area contributed by atoms with E-state index in [9.17, 15) is 14.3 Å². The van der Waals surface area contributed by atoms with Crippen molar-refractivity contribution in [2.45, 2.75) is 6.54 Å². The van der Waals surface area contributed by atoms with E-state index in [4.69, 9.17) is 0 Å². The Morgan fingerprint density at radius 3 is 2.47 bits per heavy atom. The Bertz CT molecular complexity index is 586. The lowest BCUT2D eigenvalue weighted by Crippen LogP contribution is -2.28. The summed E-state index contributed by atoms with van der Waals surface area (Å²) >= 11 is 2.17. The van der Waals surface area contributed by atoms with Gasteiger partial charge in [-0.1, -0.05) is 12.1 Å². The van der Waals surface area contributed by atoms with Crippen LogP contribution in [-0.2, 0) is 6.54 Å². The summed E-state index contributed by atoms with van der Waals surface area (Å²) in [5.41, 5.74) is 1.34. The minimum Gasteiger partial charge on any atom is -0.465 e. The second kappa shape index (κ2) is 6.01. The minimum atomic E-state index is -1.06.